The summed E-state index contributed by atoms with van der Waals surface area (Å²) in [7, 11) is 0. The number of benzene rings is 2. The number of halogens is 1. The number of amides is 3. The highest BCUT2D eigenvalue weighted by molar-refractivity contribution is 8.01. The van der Waals surface area contributed by atoms with Crippen molar-refractivity contribution < 1.29 is 18.8 Å². The monoisotopic (exact) mass is 427 g/mol. The largest absolute Gasteiger partial charge is 0.350 e. The fourth-order valence-electron chi connectivity index (χ4n) is 3.64. The molecule has 1 fully saturated rings. The number of thioether (sulfide) groups is 1. The van der Waals surface area contributed by atoms with Crippen LogP contribution < -0.4 is 10.2 Å². The van der Waals surface area contributed by atoms with Gasteiger partial charge in [-0.25, -0.2) is 4.39 Å². The molecular weight excluding hydrogens is 405 g/mol. The van der Waals surface area contributed by atoms with Crippen molar-refractivity contribution in [3.8, 4) is 0 Å². The summed E-state index contributed by atoms with van der Waals surface area (Å²) in [5, 5.41) is 1.89. The van der Waals surface area contributed by atoms with Crippen molar-refractivity contribution in [2.75, 3.05) is 24.5 Å². The van der Waals surface area contributed by atoms with Gasteiger partial charge in [0.15, 0.2) is 5.25 Å². The van der Waals surface area contributed by atoms with Gasteiger partial charge in [0.1, 0.15) is 12.4 Å². The van der Waals surface area contributed by atoms with Crippen molar-refractivity contribution in [2.24, 2.45) is 0 Å². The molecular formula is C22H22FN3O3S. The molecule has 30 heavy (non-hydrogen) atoms. The maximum Gasteiger partial charge on any atom is 0.250 e. The van der Waals surface area contributed by atoms with Crippen molar-refractivity contribution in [3.05, 3.63) is 59.9 Å². The number of hydrogen-bond donors (Lipinski definition) is 1. The van der Waals surface area contributed by atoms with Crippen LogP contribution in [0.3, 0.4) is 0 Å². The molecule has 0 spiro atoms. The van der Waals surface area contributed by atoms with Gasteiger partial charge >= 0.3 is 0 Å². The van der Waals surface area contributed by atoms with Crippen LogP contribution in [0.1, 0.15) is 18.4 Å². The first-order chi connectivity index (χ1) is 14.5. The number of nitrogens with zero attached hydrogens (tertiary/aromatic N) is 2. The highest BCUT2D eigenvalue weighted by Crippen LogP contribution is 2.39. The standard InChI is InChI=1S/C22H22FN3O3S/c23-16-9-7-15(8-10-16)13-24-19(27)14-26-17-5-1-2-6-18(17)30-20(22(26)29)21(28)25-11-3-4-12-25/h1-2,5-10,20H,3-4,11-14H2,(H,24,27)/t20-/m0/s1. The maximum atomic E-state index is 13.2. The Morgan fingerprint density at radius 3 is 2.50 bits per heavy atom. The number of nitrogens with one attached hydrogen (secondary N) is 1. The zero-order valence-corrected chi connectivity index (χ0v) is 17.2. The molecule has 1 saturated heterocycles. The minimum atomic E-state index is -0.872. The van der Waals surface area contributed by atoms with Crippen LogP contribution in [0, 0.1) is 5.82 Å². The Morgan fingerprint density at radius 1 is 1.07 bits per heavy atom. The van der Waals surface area contributed by atoms with E-state index in [4.69, 9.17) is 0 Å². The van der Waals surface area contributed by atoms with E-state index in [1.807, 2.05) is 12.1 Å². The summed E-state index contributed by atoms with van der Waals surface area (Å²) in [4.78, 5) is 42.6. The summed E-state index contributed by atoms with van der Waals surface area (Å²) in [6.45, 7) is 1.39. The third-order valence-corrected chi connectivity index (χ3v) is 6.48. The van der Waals surface area contributed by atoms with Gasteiger partial charge < -0.3 is 15.1 Å². The Bertz CT molecular complexity index is 960. The first-order valence-corrected chi connectivity index (χ1v) is 10.8. The molecule has 2 aromatic carbocycles. The SMILES string of the molecule is O=C(CN1C(=O)[C@H](C(=O)N2CCCC2)Sc2ccccc21)NCc1ccc(F)cc1. The number of likely N-dealkylation sites (tertiary alicyclic amines) is 1. The van der Waals surface area contributed by atoms with Crippen LogP contribution in [0.15, 0.2) is 53.4 Å². The van der Waals surface area contributed by atoms with Gasteiger partial charge in [0.25, 0.3) is 5.91 Å². The Morgan fingerprint density at radius 2 is 1.77 bits per heavy atom. The molecule has 0 radical (unpaired) electrons. The minimum Gasteiger partial charge on any atom is -0.350 e. The third-order valence-electron chi connectivity index (χ3n) is 5.24. The maximum absolute atomic E-state index is 13.2. The number of carbonyl (C=O) groups is 3. The van der Waals surface area contributed by atoms with Crippen molar-refractivity contribution in [1.82, 2.24) is 10.2 Å². The zero-order chi connectivity index (χ0) is 21.1. The van der Waals surface area contributed by atoms with Crippen molar-refractivity contribution in [1.29, 1.82) is 0 Å². The number of rotatable bonds is 5. The van der Waals surface area contributed by atoms with Gasteiger partial charge in [0.2, 0.25) is 11.8 Å². The molecule has 156 valence electrons. The average molecular weight is 428 g/mol. The molecule has 6 nitrogen and oxygen atoms in total. The van der Waals surface area contributed by atoms with E-state index in [0.29, 0.717) is 18.8 Å². The Balaban J connectivity index is 1.48. The van der Waals surface area contributed by atoms with Crippen LogP contribution in [-0.2, 0) is 20.9 Å². The lowest BCUT2D eigenvalue weighted by atomic mass is 10.2. The molecule has 2 aromatic rings. The van der Waals surface area contributed by atoms with E-state index >= 15 is 0 Å². The Hall–Kier alpha value is -2.87. The van der Waals surface area contributed by atoms with Crippen LogP contribution in [0.2, 0.25) is 0 Å². The lowest BCUT2D eigenvalue weighted by Gasteiger charge is -2.34. The first kappa shape index (κ1) is 20.4. The number of para-hydroxylation sites is 1. The predicted molar refractivity (Wildman–Crippen MR) is 113 cm³/mol. The predicted octanol–water partition coefficient (Wildman–Crippen LogP) is 2.57. The van der Waals surface area contributed by atoms with E-state index in [-0.39, 0.29) is 36.6 Å². The summed E-state index contributed by atoms with van der Waals surface area (Å²) in [6.07, 6.45) is 1.90. The fourth-order valence-corrected chi connectivity index (χ4v) is 4.83. The number of hydrogen-bond acceptors (Lipinski definition) is 4. The topological polar surface area (TPSA) is 69.7 Å². The van der Waals surface area contributed by atoms with E-state index < -0.39 is 5.25 Å². The highest BCUT2D eigenvalue weighted by atomic mass is 32.2. The van der Waals surface area contributed by atoms with Crippen molar-refractivity contribution in [2.45, 2.75) is 29.5 Å². The van der Waals surface area contributed by atoms with Gasteiger partial charge in [0, 0.05) is 24.5 Å². The van der Waals surface area contributed by atoms with Crippen LogP contribution in [0.5, 0.6) is 0 Å². The minimum absolute atomic E-state index is 0.179. The average Bonchev–Trinajstić information content (AvgIpc) is 3.29. The van der Waals surface area contributed by atoms with Crippen molar-refractivity contribution in [3.63, 3.8) is 0 Å². The third kappa shape index (κ3) is 4.33. The first-order valence-electron chi connectivity index (χ1n) is 9.90. The molecule has 4 rings (SSSR count). The molecule has 8 heteroatoms. The number of anilines is 1. The summed E-state index contributed by atoms with van der Waals surface area (Å²) < 4.78 is 13.0. The molecule has 0 aromatic heterocycles. The lowest BCUT2D eigenvalue weighted by molar-refractivity contribution is -0.134. The molecule has 0 bridgehead atoms. The molecule has 2 heterocycles. The molecule has 2 aliphatic rings. The van der Waals surface area contributed by atoms with Gasteiger partial charge in [-0.05, 0) is 42.7 Å². The van der Waals surface area contributed by atoms with Gasteiger partial charge in [-0.3, -0.25) is 14.4 Å². The summed E-state index contributed by atoms with van der Waals surface area (Å²) in [5.74, 6) is -1.24. The second-order valence-corrected chi connectivity index (χ2v) is 8.47. The second-order valence-electron chi connectivity index (χ2n) is 7.33. The highest BCUT2D eigenvalue weighted by Gasteiger charge is 2.41. The molecule has 0 saturated carbocycles. The van der Waals surface area contributed by atoms with Gasteiger partial charge in [-0.2, -0.15) is 0 Å². The van der Waals surface area contributed by atoms with E-state index in [0.717, 1.165) is 23.3 Å². The van der Waals surface area contributed by atoms with Crippen LogP contribution in [0.25, 0.3) is 0 Å². The lowest BCUT2D eigenvalue weighted by Crippen LogP contribution is -2.51. The summed E-state index contributed by atoms with van der Waals surface area (Å²) >= 11 is 1.25. The quantitative estimate of drug-likeness (QED) is 0.745. The van der Waals surface area contributed by atoms with Crippen LogP contribution in [0.4, 0.5) is 10.1 Å². The van der Waals surface area contributed by atoms with Crippen LogP contribution in [-0.4, -0.2) is 47.5 Å². The molecule has 2 aliphatic heterocycles. The van der Waals surface area contributed by atoms with Gasteiger partial charge in [-0.15, -0.1) is 11.8 Å². The Labute approximate surface area is 178 Å². The normalized spacial score (nSPS) is 18.3. The zero-order valence-electron chi connectivity index (χ0n) is 16.3. The molecule has 0 unspecified atom stereocenters. The summed E-state index contributed by atoms with van der Waals surface area (Å²) in [6, 6.07) is 13.2. The van der Waals surface area contributed by atoms with Crippen molar-refractivity contribution >= 4 is 35.2 Å². The number of fused-ring (bicyclic) bond motifs is 1. The van der Waals surface area contributed by atoms with E-state index in [2.05, 4.69) is 5.32 Å². The number of carbonyl (C=O) groups excluding carboxylic acids is 3. The van der Waals surface area contributed by atoms with E-state index in [1.165, 1.54) is 28.8 Å². The molecule has 1 N–H and O–H groups in total. The van der Waals surface area contributed by atoms with Crippen LogP contribution >= 0.6 is 11.8 Å². The van der Waals surface area contributed by atoms with Gasteiger partial charge in [-0.1, -0.05) is 24.3 Å². The molecule has 3 amide bonds. The Kier molecular flexibility index (Phi) is 6.03. The fraction of sp³-hybridized carbons (Fsp3) is 0.318. The van der Waals surface area contributed by atoms with Gasteiger partial charge in [0.05, 0.1) is 5.69 Å². The smallest absolute Gasteiger partial charge is 0.250 e. The molecule has 0 aliphatic carbocycles. The second kappa shape index (κ2) is 8.87. The summed E-state index contributed by atoms with van der Waals surface area (Å²) in [5.41, 5.74) is 1.39. The molecule has 1 atom stereocenters. The van der Waals surface area contributed by atoms with E-state index in [9.17, 15) is 18.8 Å². The van der Waals surface area contributed by atoms with E-state index in [1.54, 1.807) is 29.2 Å².